The predicted molar refractivity (Wildman–Crippen MR) is 125 cm³/mol. The van der Waals surface area contributed by atoms with E-state index in [1.165, 1.54) is 0 Å². The van der Waals surface area contributed by atoms with Gasteiger partial charge in [0.05, 0.1) is 20.6 Å². The Bertz CT molecular complexity index is 605. The molecule has 196 valence electrons. The number of hydrogen-bond donors (Lipinski definition) is 4. The molecule has 0 aromatic rings. The minimum Gasteiger partial charge on any atom is -0.394 e. The molecule has 0 spiro atoms. The minimum absolute atomic E-state index is 0.203. The number of unbranched alkanes of at least 4 members (excludes halogenated alkanes) is 5. The standard InChI is InChI=1S/C23H44O9P/c1-23(2,3)33(4,29)31-15-10-7-5-6-8-12-17(25)13-9-11-14-30-22-21(28)20(27)19(26)18(16-24)32-22/h18-22,24,26-28H,4-16H2,1-3H3/q-1/t18?,19-,20+,21?,22+,33?/m1/s1. The number of carbonyl (C=O) groups excluding carboxylic acids is 1. The molecular formula is C23H44O9P-. The van der Waals surface area contributed by atoms with Crippen LogP contribution in [0.5, 0.6) is 0 Å². The molecule has 1 fully saturated rings. The van der Waals surface area contributed by atoms with Crippen molar-refractivity contribution < 1.29 is 43.8 Å². The van der Waals surface area contributed by atoms with Crippen LogP contribution in [0.25, 0.3) is 0 Å². The average Bonchev–Trinajstić information content (AvgIpc) is 2.74. The van der Waals surface area contributed by atoms with E-state index >= 15 is 0 Å². The number of aliphatic hydroxyl groups is 4. The first-order valence-corrected chi connectivity index (χ1v) is 13.7. The first-order chi connectivity index (χ1) is 15.4. The Morgan fingerprint density at radius 2 is 1.45 bits per heavy atom. The number of carbonyl (C=O) groups is 1. The van der Waals surface area contributed by atoms with Crippen LogP contribution in [-0.2, 0) is 23.4 Å². The van der Waals surface area contributed by atoms with Crippen molar-refractivity contribution >= 4 is 13.2 Å². The molecule has 1 heterocycles. The third kappa shape index (κ3) is 10.8. The summed E-state index contributed by atoms with van der Waals surface area (Å²) in [6.07, 6.45) is 0.457. The molecule has 0 radical (unpaired) electrons. The molecule has 1 rings (SSSR count). The van der Waals surface area contributed by atoms with Crippen LogP contribution in [0.3, 0.4) is 0 Å². The summed E-state index contributed by atoms with van der Waals surface area (Å²) in [4.78, 5) is 12.0. The minimum atomic E-state index is -2.84. The van der Waals surface area contributed by atoms with Gasteiger partial charge in [-0.05, 0) is 25.7 Å². The van der Waals surface area contributed by atoms with E-state index in [9.17, 15) is 24.7 Å². The van der Waals surface area contributed by atoms with Crippen molar-refractivity contribution in [3.8, 4) is 0 Å². The van der Waals surface area contributed by atoms with Crippen molar-refractivity contribution in [1.82, 2.24) is 0 Å². The maximum Gasteiger partial charge on any atom is 0.186 e. The number of ether oxygens (including phenoxy) is 2. The zero-order valence-corrected chi connectivity index (χ0v) is 21.3. The van der Waals surface area contributed by atoms with Crippen LogP contribution in [0.15, 0.2) is 0 Å². The van der Waals surface area contributed by atoms with Crippen LogP contribution < -0.4 is 0 Å². The zero-order valence-electron chi connectivity index (χ0n) is 20.4. The normalized spacial score (nSPS) is 27.9. The van der Waals surface area contributed by atoms with E-state index in [0.717, 1.165) is 32.1 Å². The van der Waals surface area contributed by atoms with Crippen molar-refractivity contribution in [2.45, 2.75) is 114 Å². The molecule has 9 nitrogen and oxygen atoms in total. The Hall–Kier alpha value is -0.380. The molecule has 1 aliphatic heterocycles. The third-order valence-electron chi connectivity index (χ3n) is 5.90. The van der Waals surface area contributed by atoms with Crippen LogP contribution >= 0.6 is 7.37 Å². The molecular weight excluding hydrogens is 451 g/mol. The average molecular weight is 496 g/mol. The lowest BCUT2D eigenvalue weighted by Crippen LogP contribution is -2.59. The molecule has 4 N–H and O–H groups in total. The highest BCUT2D eigenvalue weighted by Crippen LogP contribution is 2.57. The van der Waals surface area contributed by atoms with Crippen molar-refractivity contribution in [3.05, 3.63) is 6.66 Å². The van der Waals surface area contributed by atoms with Crippen LogP contribution in [0.1, 0.15) is 78.6 Å². The maximum atomic E-state index is 12.3. The predicted octanol–water partition coefficient (Wildman–Crippen LogP) is 2.77. The summed E-state index contributed by atoms with van der Waals surface area (Å²) in [7, 11) is -2.84. The largest absolute Gasteiger partial charge is 0.394 e. The first-order valence-electron chi connectivity index (χ1n) is 11.9. The second kappa shape index (κ2) is 14.9. The summed E-state index contributed by atoms with van der Waals surface area (Å²) in [5.74, 6) is 0.203. The maximum absolute atomic E-state index is 12.3. The highest BCUT2D eigenvalue weighted by Gasteiger charge is 2.43. The number of rotatable bonds is 16. The summed E-state index contributed by atoms with van der Waals surface area (Å²) >= 11 is 0. The van der Waals surface area contributed by atoms with E-state index in [0.29, 0.717) is 32.3 Å². The van der Waals surface area contributed by atoms with E-state index in [1.807, 2.05) is 20.8 Å². The molecule has 0 saturated carbocycles. The lowest BCUT2D eigenvalue weighted by atomic mass is 9.99. The van der Waals surface area contributed by atoms with Gasteiger partial charge in [0.15, 0.2) is 6.29 Å². The fourth-order valence-corrected chi connectivity index (χ4v) is 4.13. The van der Waals surface area contributed by atoms with Gasteiger partial charge in [0, 0.05) is 24.6 Å². The van der Waals surface area contributed by atoms with Gasteiger partial charge in [0.1, 0.15) is 30.2 Å². The van der Waals surface area contributed by atoms with E-state index in [2.05, 4.69) is 6.66 Å². The number of aliphatic hydroxyl groups excluding tert-OH is 4. The Morgan fingerprint density at radius 3 is 2.06 bits per heavy atom. The summed E-state index contributed by atoms with van der Waals surface area (Å²) in [5, 5.41) is 38.1. The molecule has 1 aliphatic rings. The van der Waals surface area contributed by atoms with E-state index < -0.39 is 49.8 Å². The van der Waals surface area contributed by atoms with Crippen molar-refractivity contribution in [1.29, 1.82) is 0 Å². The first kappa shape index (κ1) is 30.7. The van der Waals surface area contributed by atoms with Crippen molar-refractivity contribution in [2.24, 2.45) is 0 Å². The topological polar surface area (TPSA) is 143 Å². The summed E-state index contributed by atoms with van der Waals surface area (Å²) in [5.41, 5.74) is 0. The van der Waals surface area contributed by atoms with E-state index in [-0.39, 0.29) is 12.4 Å². The van der Waals surface area contributed by atoms with Crippen molar-refractivity contribution in [3.63, 3.8) is 0 Å². The smallest absolute Gasteiger partial charge is 0.186 e. The second-order valence-corrected chi connectivity index (χ2v) is 12.7. The lowest BCUT2D eigenvalue weighted by molar-refractivity contribution is -0.301. The fraction of sp³-hybridized carbons (Fsp3) is 0.913. The van der Waals surface area contributed by atoms with Gasteiger partial charge in [-0.1, -0.05) is 40.0 Å². The van der Waals surface area contributed by atoms with Gasteiger partial charge in [-0.2, -0.15) is 0 Å². The monoisotopic (exact) mass is 495 g/mol. The van der Waals surface area contributed by atoms with Crippen LogP contribution in [0, 0.1) is 6.66 Å². The molecule has 0 amide bonds. The van der Waals surface area contributed by atoms with Crippen LogP contribution in [0.2, 0.25) is 0 Å². The molecule has 6 atom stereocenters. The fourth-order valence-electron chi connectivity index (χ4n) is 3.31. The Kier molecular flexibility index (Phi) is 13.8. The number of hydrogen-bond acceptors (Lipinski definition) is 9. The number of ketones is 1. The van der Waals surface area contributed by atoms with Gasteiger partial charge in [0.2, 0.25) is 0 Å². The lowest BCUT2D eigenvalue weighted by Gasteiger charge is -2.39. The summed E-state index contributed by atoms with van der Waals surface area (Å²) in [6, 6.07) is 0. The Morgan fingerprint density at radius 1 is 0.909 bits per heavy atom. The quantitative estimate of drug-likeness (QED) is 0.144. The second-order valence-electron chi connectivity index (χ2n) is 9.76. The molecule has 0 bridgehead atoms. The molecule has 0 aromatic carbocycles. The van der Waals surface area contributed by atoms with Crippen molar-refractivity contribution in [2.75, 3.05) is 19.8 Å². The van der Waals surface area contributed by atoms with Gasteiger partial charge >= 0.3 is 0 Å². The van der Waals surface area contributed by atoms with E-state index in [1.54, 1.807) is 0 Å². The van der Waals surface area contributed by atoms with Gasteiger partial charge in [-0.25, -0.2) is 0 Å². The molecule has 3 unspecified atom stereocenters. The highest BCUT2D eigenvalue weighted by molar-refractivity contribution is 7.61. The van der Waals surface area contributed by atoms with Crippen LogP contribution in [0.4, 0.5) is 0 Å². The molecule has 1 saturated heterocycles. The molecule has 10 heteroatoms. The van der Waals surface area contributed by atoms with Gasteiger partial charge in [-0.3, -0.25) is 11.5 Å². The highest BCUT2D eigenvalue weighted by atomic mass is 31.2. The van der Waals surface area contributed by atoms with Gasteiger partial charge in [-0.15, -0.1) is 0 Å². The van der Waals surface area contributed by atoms with Gasteiger partial charge < -0.3 is 39.0 Å². The summed E-state index contributed by atoms with van der Waals surface area (Å²) < 4.78 is 28.5. The zero-order chi connectivity index (χ0) is 25.1. The van der Waals surface area contributed by atoms with Gasteiger partial charge in [0.25, 0.3) is 0 Å². The molecule has 0 aliphatic carbocycles. The van der Waals surface area contributed by atoms with E-state index in [4.69, 9.17) is 19.1 Å². The third-order valence-corrected chi connectivity index (χ3v) is 8.55. The Balaban J connectivity index is 2.03. The molecule has 33 heavy (non-hydrogen) atoms. The van der Waals surface area contributed by atoms with Crippen LogP contribution in [-0.4, -0.2) is 81.9 Å². The summed E-state index contributed by atoms with van der Waals surface area (Å²) in [6.45, 7) is 9.50. The number of Topliss-reactive ketones (excluding diaryl/α,β-unsaturated/α-hetero) is 1. The molecule has 0 aromatic heterocycles. The Labute approximate surface area is 198 Å². The SMILES string of the molecule is [CH2-]P(=O)(OCCCCCCCC(=O)CCCCO[C@H]1OC(CO)[C@@H](O)[C@H](O)C1O)C(C)(C)C.